The van der Waals surface area contributed by atoms with Crippen LogP contribution >= 0.6 is 0 Å². The number of rotatable bonds is 4. The van der Waals surface area contributed by atoms with Gasteiger partial charge in [-0.3, -0.25) is 14.9 Å². The molecule has 4 aromatic rings. The van der Waals surface area contributed by atoms with Crippen molar-refractivity contribution < 1.29 is 19.8 Å². The van der Waals surface area contributed by atoms with Crippen LogP contribution < -0.4 is 5.32 Å². The number of allylic oxidation sites excluding steroid dienone is 2. The number of para-hydroxylation sites is 2. The lowest BCUT2D eigenvalue weighted by Gasteiger charge is -2.13. The van der Waals surface area contributed by atoms with E-state index in [1.54, 1.807) is 12.2 Å². The highest BCUT2D eigenvalue weighted by Crippen LogP contribution is 2.41. The van der Waals surface area contributed by atoms with Crippen molar-refractivity contribution in [1.82, 2.24) is 14.5 Å². The van der Waals surface area contributed by atoms with E-state index in [4.69, 9.17) is 0 Å². The zero-order chi connectivity index (χ0) is 25.3. The second-order valence-corrected chi connectivity index (χ2v) is 9.98. The maximum atomic E-state index is 13.3. The minimum atomic E-state index is -0.505. The van der Waals surface area contributed by atoms with Gasteiger partial charge < -0.3 is 19.3 Å². The number of amides is 2. The molecule has 7 nitrogen and oxygen atoms in total. The first-order chi connectivity index (χ1) is 18.0. The fourth-order valence-corrected chi connectivity index (χ4v) is 6.06. The van der Waals surface area contributed by atoms with Crippen LogP contribution in [0.3, 0.4) is 0 Å². The van der Waals surface area contributed by atoms with E-state index >= 15 is 0 Å². The molecule has 0 bridgehead atoms. The number of imide groups is 1. The van der Waals surface area contributed by atoms with Crippen molar-refractivity contribution in [3.05, 3.63) is 96.4 Å². The van der Waals surface area contributed by atoms with E-state index in [0.29, 0.717) is 35.1 Å². The summed E-state index contributed by atoms with van der Waals surface area (Å²) in [5, 5.41) is 24.5. The summed E-state index contributed by atoms with van der Waals surface area (Å²) >= 11 is 0. The first-order valence-electron chi connectivity index (χ1n) is 12.5. The Bertz CT molecular complexity index is 1580. The van der Waals surface area contributed by atoms with Crippen molar-refractivity contribution >= 4 is 44.8 Å². The van der Waals surface area contributed by atoms with Crippen LogP contribution in [-0.4, -0.2) is 43.4 Å². The first-order valence-corrected chi connectivity index (χ1v) is 12.5. The van der Waals surface area contributed by atoms with Gasteiger partial charge in [0.2, 0.25) is 0 Å². The maximum Gasteiger partial charge on any atom is 0.259 e. The molecule has 37 heavy (non-hydrogen) atoms. The summed E-state index contributed by atoms with van der Waals surface area (Å²) < 4.78 is 4.15. The first kappa shape index (κ1) is 22.0. The van der Waals surface area contributed by atoms with Crippen LogP contribution in [0.4, 0.5) is 0 Å². The lowest BCUT2D eigenvalue weighted by atomic mass is 9.95. The monoisotopic (exact) mass is 491 g/mol. The minimum absolute atomic E-state index is 0.0413. The molecule has 3 heterocycles. The number of carbonyl (C=O) groups is 2. The lowest BCUT2D eigenvalue weighted by Crippen LogP contribution is -2.22. The molecule has 3 N–H and O–H groups in total. The molecule has 7 heteroatoms. The van der Waals surface area contributed by atoms with Crippen LogP contribution in [0.1, 0.15) is 36.1 Å². The third kappa shape index (κ3) is 3.35. The quantitative estimate of drug-likeness (QED) is 0.298. The van der Waals surface area contributed by atoms with E-state index in [1.165, 1.54) is 0 Å². The molecule has 2 amide bonds. The largest absolute Gasteiger partial charge is 0.389 e. The number of benzene rings is 2. The van der Waals surface area contributed by atoms with Gasteiger partial charge in [-0.1, -0.05) is 60.7 Å². The number of aliphatic hydroxyl groups is 2. The van der Waals surface area contributed by atoms with Gasteiger partial charge in [-0.15, -0.1) is 0 Å². The Hall–Kier alpha value is -4.20. The van der Waals surface area contributed by atoms with Crippen molar-refractivity contribution in [1.29, 1.82) is 0 Å². The van der Waals surface area contributed by atoms with E-state index < -0.39 is 24.0 Å². The number of aliphatic hydroxyl groups excluding tert-OH is 2. The molecule has 4 atom stereocenters. The fourth-order valence-electron chi connectivity index (χ4n) is 6.06. The van der Waals surface area contributed by atoms with Crippen LogP contribution in [0, 0.1) is 0 Å². The standard InChI is InChI=1S/C30H25N3O4/c34-19-11-9-17(13-19)32-15-23(21-5-1-3-7-25(21)32)27-28(30(37)31-29(27)36)24-16-33(18-10-12-20(35)14-18)26-8-4-2-6-22(24)26/h1-12,15-20,34-35H,13-14H2,(H,31,36,37)/t17-,18-,19+,20+/m0/s1. The third-order valence-corrected chi connectivity index (χ3v) is 7.74. The normalized spacial score (nSPS) is 25.4. The van der Waals surface area contributed by atoms with Crippen LogP contribution in [0.5, 0.6) is 0 Å². The predicted octanol–water partition coefficient (Wildman–Crippen LogP) is 3.89. The molecule has 7 rings (SSSR count). The van der Waals surface area contributed by atoms with Gasteiger partial charge in [0.15, 0.2) is 0 Å². The molecule has 0 fully saturated rings. The highest BCUT2D eigenvalue weighted by molar-refractivity contribution is 6.50. The van der Waals surface area contributed by atoms with Gasteiger partial charge in [-0.2, -0.15) is 0 Å². The Labute approximate surface area is 212 Å². The Morgan fingerprint density at radius 1 is 0.649 bits per heavy atom. The second-order valence-electron chi connectivity index (χ2n) is 9.98. The topological polar surface area (TPSA) is 96.5 Å². The molecular weight excluding hydrogens is 466 g/mol. The SMILES string of the molecule is O=C1NC(=O)C(c2cn([C@H]3C=C[C@@H](O)C3)c3ccccc23)=C1c1cn([C@H]2C=C[C@@H](O)C2)c2ccccc12. The summed E-state index contributed by atoms with van der Waals surface area (Å²) in [5.74, 6) is -0.837. The minimum Gasteiger partial charge on any atom is -0.389 e. The molecule has 0 saturated carbocycles. The van der Waals surface area contributed by atoms with Gasteiger partial charge in [0, 0.05) is 58.2 Å². The highest BCUT2D eigenvalue weighted by Gasteiger charge is 2.36. The Kier molecular flexibility index (Phi) is 4.86. The number of nitrogens with one attached hydrogen (secondary N) is 1. The molecule has 0 saturated heterocycles. The van der Waals surface area contributed by atoms with Gasteiger partial charge in [-0.05, 0) is 12.1 Å². The number of aromatic nitrogens is 2. The van der Waals surface area contributed by atoms with E-state index in [1.807, 2.05) is 73.1 Å². The molecule has 0 spiro atoms. The number of nitrogens with zero attached hydrogens (tertiary/aromatic N) is 2. The second kappa shape index (κ2) is 8.16. The predicted molar refractivity (Wildman–Crippen MR) is 141 cm³/mol. The van der Waals surface area contributed by atoms with Crippen LogP contribution in [-0.2, 0) is 9.59 Å². The molecule has 2 aliphatic carbocycles. The van der Waals surface area contributed by atoms with Gasteiger partial charge in [0.05, 0.1) is 35.4 Å². The number of hydrogen-bond acceptors (Lipinski definition) is 4. The van der Waals surface area contributed by atoms with Crippen molar-refractivity contribution in [2.45, 2.75) is 37.1 Å². The van der Waals surface area contributed by atoms with Crippen molar-refractivity contribution in [3.8, 4) is 0 Å². The molecular formula is C30H25N3O4. The maximum absolute atomic E-state index is 13.3. The van der Waals surface area contributed by atoms with Crippen LogP contribution in [0.2, 0.25) is 0 Å². The summed E-state index contributed by atoms with van der Waals surface area (Å²) in [5.41, 5.74) is 3.97. The molecule has 0 unspecified atom stereocenters. The average molecular weight is 492 g/mol. The van der Waals surface area contributed by atoms with E-state index in [2.05, 4.69) is 14.5 Å². The van der Waals surface area contributed by atoms with Gasteiger partial charge in [0.1, 0.15) is 0 Å². The number of carbonyl (C=O) groups excluding carboxylic acids is 2. The van der Waals surface area contributed by atoms with Gasteiger partial charge in [-0.25, -0.2) is 0 Å². The van der Waals surface area contributed by atoms with E-state index in [0.717, 1.165) is 21.8 Å². The summed E-state index contributed by atoms with van der Waals surface area (Å²) in [6, 6.07) is 15.6. The zero-order valence-corrected chi connectivity index (χ0v) is 19.9. The summed E-state index contributed by atoms with van der Waals surface area (Å²) in [7, 11) is 0. The summed E-state index contributed by atoms with van der Waals surface area (Å²) in [6.07, 6.45) is 11.5. The van der Waals surface area contributed by atoms with Crippen molar-refractivity contribution in [2.24, 2.45) is 0 Å². The van der Waals surface area contributed by atoms with Crippen LogP contribution in [0.25, 0.3) is 33.0 Å². The number of hydrogen-bond donors (Lipinski definition) is 3. The molecule has 1 aliphatic heterocycles. The fraction of sp³-hybridized carbons (Fsp3) is 0.200. The lowest BCUT2D eigenvalue weighted by molar-refractivity contribution is -0.122. The molecule has 2 aromatic carbocycles. The van der Waals surface area contributed by atoms with Crippen molar-refractivity contribution in [2.75, 3.05) is 0 Å². The Morgan fingerprint density at radius 3 is 1.49 bits per heavy atom. The number of fused-ring (bicyclic) bond motifs is 2. The summed E-state index contributed by atoms with van der Waals surface area (Å²) in [6.45, 7) is 0. The molecule has 0 radical (unpaired) electrons. The Balaban J connectivity index is 1.47. The summed E-state index contributed by atoms with van der Waals surface area (Å²) in [4.78, 5) is 26.7. The third-order valence-electron chi connectivity index (χ3n) is 7.74. The molecule has 3 aliphatic rings. The zero-order valence-electron chi connectivity index (χ0n) is 19.9. The molecule has 2 aromatic heterocycles. The smallest absolute Gasteiger partial charge is 0.259 e. The average Bonchev–Trinajstić information content (AvgIpc) is 3.70. The van der Waals surface area contributed by atoms with Crippen molar-refractivity contribution in [3.63, 3.8) is 0 Å². The van der Waals surface area contributed by atoms with Gasteiger partial charge in [0.25, 0.3) is 11.8 Å². The highest BCUT2D eigenvalue weighted by atomic mass is 16.3. The van der Waals surface area contributed by atoms with Crippen LogP contribution in [0.15, 0.2) is 85.2 Å². The van der Waals surface area contributed by atoms with E-state index in [9.17, 15) is 19.8 Å². The van der Waals surface area contributed by atoms with Gasteiger partial charge >= 0.3 is 0 Å². The van der Waals surface area contributed by atoms with E-state index in [-0.39, 0.29) is 12.1 Å². The molecule has 184 valence electrons. The Morgan fingerprint density at radius 2 is 1.08 bits per heavy atom.